The van der Waals surface area contributed by atoms with Crippen LogP contribution in [-0.2, 0) is 0 Å². The summed E-state index contributed by atoms with van der Waals surface area (Å²) >= 11 is 0. The molecule has 1 N–H and O–H groups in total. The molecule has 1 nitrogen and oxygen atoms in total. The molecular weight excluding hydrogens is 196 g/mol. The zero-order valence-electron chi connectivity index (χ0n) is 11.4. The molecule has 0 saturated carbocycles. The van der Waals surface area contributed by atoms with Gasteiger partial charge < -0.3 is 5.11 Å². The van der Waals surface area contributed by atoms with Crippen molar-refractivity contribution in [2.75, 3.05) is 6.61 Å². The van der Waals surface area contributed by atoms with Gasteiger partial charge in [0.25, 0.3) is 0 Å². The van der Waals surface area contributed by atoms with E-state index in [2.05, 4.69) is 39.8 Å². The molecule has 0 saturated heterocycles. The van der Waals surface area contributed by atoms with Gasteiger partial charge in [-0.1, -0.05) is 39.8 Å². The van der Waals surface area contributed by atoms with Crippen LogP contribution in [0.15, 0.2) is 12.2 Å². The van der Waals surface area contributed by atoms with Crippen LogP contribution in [0.5, 0.6) is 0 Å². The molecule has 1 aliphatic rings. The SMILES string of the molecule is CC(C)(CO)CC(C)(C)CCC1C=CCC1. The standard InChI is InChI=1S/C15H28O/c1-14(2,11-15(3,4)12-16)10-9-13-7-5-6-8-13/h5,7,13,16H,6,8-12H2,1-4H3. The van der Waals surface area contributed by atoms with Gasteiger partial charge in [0.2, 0.25) is 0 Å². The van der Waals surface area contributed by atoms with Crippen LogP contribution >= 0.6 is 0 Å². The molecule has 0 aromatic heterocycles. The first-order valence-electron chi connectivity index (χ1n) is 6.62. The first-order chi connectivity index (χ1) is 7.35. The van der Waals surface area contributed by atoms with Gasteiger partial charge in [0.05, 0.1) is 0 Å². The predicted octanol–water partition coefficient (Wildman–Crippen LogP) is 4.17. The Labute approximate surface area is 101 Å². The lowest BCUT2D eigenvalue weighted by molar-refractivity contribution is 0.0961. The number of hydrogen-bond acceptors (Lipinski definition) is 1. The molecule has 0 amide bonds. The first-order valence-corrected chi connectivity index (χ1v) is 6.62. The molecule has 1 atom stereocenters. The Morgan fingerprint density at radius 3 is 2.38 bits per heavy atom. The van der Waals surface area contributed by atoms with Crippen LogP contribution in [-0.4, -0.2) is 11.7 Å². The van der Waals surface area contributed by atoms with Gasteiger partial charge in [-0.05, 0) is 48.9 Å². The van der Waals surface area contributed by atoms with Gasteiger partial charge in [-0.2, -0.15) is 0 Å². The van der Waals surface area contributed by atoms with Crippen molar-refractivity contribution in [3.8, 4) is 0 Å². The maximum Gasteiger partial charge on any atom is 0.0482 e. The van der Waals surface area contributed by atoms with E-state index >= 15 is 0 Å². The van der Waals surface area contributed by atoms with E-state index < -0.39 is 0 Å². The molecule has 0 aromatic carbocycles. The number of hydrogen-bond donors (Lipinski definition) is 1. The highest BCUT2D eigenvalue weighted by atomic mass is 16.3. The predicted molar refractivity (Wildman–Crippen MR) is 70.4 cm³/mol. The van der Waals surface area contributed by atoms with Crippen molar-refractivity contribution in [2.45, 2.75) is 59.8 Å². The second-order valence-corrected chi connectivity index (χ2v) is 6.97. The highest BCUT2D eigenvalue weighted by molar-refractivity contribution is 4.96. The Hall–Kier alpha value is -0.300. The summed E-state index contributed by atoms with van der Waals surface area (Å²) in [6.07, 6.45) is 11.0. The lowest BCUT2D eigenvalue weighted by Crippen LogP contribution is -2.26. The summed E-state index contributed by atoms with van der Waals surface area (Å²) in [6.45, 7) is 9.28. The summed E-state index contributed by atoms with van der Waals surface area (Å²) in [5, 5.41) is 9.33. The lowest BCUT2D eigenvalue weighted by atomic mass is 9.72. The van der Waals surface area contributed by atoms with Gasteiger partial charge in [0, 0.05) is 6.61 Å². The molecular formula is C15H28O. The fourth-order valence-electron chi connectivity index (χ4n) is 2.95. The van der Waals surface area contributed by atoms with Crippen LogP contribution in [0.25, 0.3) is 0 Å². The number of aliphatic hydroxyl groups excluding tert-OH is 1. The summed E-state index contributed by atoms with van der Waals surface area (Å²) in [5.41, 5.74) is 0.414. The highest BCUT2D eigenvalue weighted by Gasteiger charge is 2.28. The van der Waals surface area contributed by atoms with Gasteiger partial charge in [-0.25, -0.2) is 0 Å². The zero-order chi connectivity index (χ0) is 12.2. The molecule has 0 aliphatic heterocycles. The monoisotopic (exact) mass is 224 g/mol. The number of allylic oxidation sites excluding steroid dienone is 2. The van der Waals surface area contributed by atoms with Crippen molar-refractivity contribution in [3.63, 3.8) is 0 Å². The molecule has 0 spiro atoms. The molecule has 1 unspecified atom stereocenters. The minimum Gasteiger partial charge on any atom is -0.396 e. The Bertz CT molecular complexity index is 238. The van der Waals surface area contributed by atoms with Crippen LogP contribution in [0.3, 0.4) is 0 Å². The average Bonchev–Trinajstić information content (AvgIpc) is 2.66. The van der Waals surface area contributed by atoms with Gasteiger partial charge >= 0.3 is 0 Å². The van der Waals surface area contributed by atoms with Crippen molar-refractivity contribution >= 4 is 0 Å². The van der Waals surface area contributed by atoms with E-state index in [1.165, 1.54) is 25.7 Å². The molecule has 94 valence electrons. The Kier molecular flexibility index (Phi) is 4.61. The van der Waals surface area contributed by atoms with Gasteiger partial charge in [0.1, 0.15) is 0 Å². The van der Waals surface area contributed by atoms with Crippen LogP contribution < -0.4 is 0 Å². The second kappa shape index (κ2) is 5.35. The third kappa shape index (κ3) is 4.69. The maximum absolute atomic E-state index is 9.33. The number of aliphatic hydroxyl groups is 1. The van der Waals surface area contributed by atoms with Gasteiger partial charge in [-0.3, -0.25) is 0 Å². The summed E-state index contributed by atoms with van der Waals surface area (Å²) in [6, 6.07) is 0. The van der Waals surface area contributed by atoms with Crippen molar-refractivity contribution in [3.05, 3.63) is 12.2 Å². The minimum atomic E-state index is 0.0645. The lowest BCUT2D eigenvalue weighted by Gasteiger charge is -2.34. The largest absolute Gasteiger partial charge is 0.396 e. The van der Waals surface area contributed by atoms with Crippen molar-refractivity contribution in [2.24, 2.45) is 16.7 Å². The summed E-state index contributed by atoms with van der Waals surface area (Å²) in [5.74, 6) is 0.816. The summed E-state index contributed by atoms with van der Waals surface area (Å²) < 4.78 is 0. The third-order valence-corrected chi connectivity index (χ3v) is 3.69. The van der Waals surface area contributed by atoms with E-state index in [1.54, 1.807) is 0 Å². The van der Waals surface area contributed by atoms with Crippen LogP contribution in [0.4, 0.5) is 0 Å². The molecule has 0 radical (unpaired) electrons. The molecule has 1 rings (SSSR count). The van der Waals surface area contributed by atoms with E-state index in [1.807, 2.05) is 0 Å². The molecule has 1 aliphatic carbocycles. The van der Waals surface area contributed by atoms with E-state index in [-0.39, 0.29) is 5.41 Å². The Morgan fingerprint density at radius 1 is 1.19 bits per heavy atom. The van der Waals surface area contributed by atoms with Crippen LogP contribution in [0, 0.1) is 16.7 Å². The van der Waals surface area contributed by atoms with Gasteiger partial charge in [0.15, 0.2) is 0 Å². The van der Waals surface area contributed by atoms with E-state index in [9.17, 15) is 5.11 Å². The molecule has 0 bridgehead atoms. The zero-order valence-corrected chi connectivity index (χ0v) is 11.4. The van der Waals surface area contributed by atoms with Gasteiger partial charge in [-0.15, -0.1) is 0 Å². The normalized spacial score (nSPS) is 21.7. The maximum atomic E-state index is 9.33. The molecule has 16 heavy (non-hydrogen) atoms. The van der Waals surface area contributed by atoms with Crippen molar-refractivity contribution < 1.29 is 5.11 Å². The van der Waals surface area contributed by atoms with Crippen molar-refractivity contribution in [1.82, 2.24) is 0 Å². The van der Waals surface area contributed by atoms with Crippen LogP contribution in [0.2, 0.25) is 0 Å². The Morgan fingerprint density at radius 2 is 1.88 bits per heavy atom. The van der Waals surface area contributed by atoms with Crippen molar-refractivity contribution in [1.29, 1.82) is 0 Å². The average molecular weight is 224 g/mol. The smallest absolute Gasteiger partial charge is 0.0482 e. The first kappa shape index (κ1) is 13.8. The second-order valence-electron chi connectivity index (χ2n) is 6.97. The van der Waals surface area contributed by atoms with E-state index in [0.717, 1.165) is 12.3 Å². The van der Waals surface area contributed by atoms with E-state index in [4.69, 9.17) is 0 Å². The number of rotatable bonds is 6. The highest BCUT2D eigenvalue weighted by Crippen LogP contribution is 2.38. The minimum absolute atomic E-state index is 0.0645. The third-order valence-electron chi connectivity index (χ3n) is 3.69. The Balaban J connectivity index is 2.35. The van der Waals surface area contributed by atoms with Crippen LogP contribution in [0.1, 0.15) is 59.8 Å². The molecule has 0 aromatic rings. The molecule has 0 fully saturated rings. The molecule has 1 heteroatoms. The molecule has 0 heterocycles. The fourth-order valence-corrected chi connectivity index (χ4v) is 2.95. The summed E-state index contributed by atoms with van der Waals surface area (Å²) in [4.78, 5) is 0. The topological polar surface area (TPSA) is 20.2 Å². The quantitative estimate of drug-likeness (QED) is 0.671. The summed E-state index contributed by atoms with van der Waals surface area (Å²) in [7, 11) is 0. The fraction of sp³-hybridized carbons (Fsp3) is 0.867. The van der Waals surface area contributed by atoms with E-state index in [0.29, 0.717) is 12.0 Å².